The number of halogens is 1. The maximum atomic E-state index is 12.1. The first-order valence-electron chi connectivity index (χ1n) is 9.96. The lowest BCUT2D eigenvalue weighted by Gasteiger charge is -2.11. The standard InChI is InChI=1S/C23H29ClO4/c1-2-3-4-5-6-7-19(24)16-17-27-21-12-8-18(9-13-21)23(26)28-22-14-10-20(25)11-15-22/h8-15,19,25H,2-7,16-17H2,1H3. The van der Waals surface area contributed by atoms with E-state index < -0.39 is 5.97 Å². The van der Waals surface area contributed by atoms with Crippen LogP contribution in [0.5, 0.6) is 17.2 Å². The second-order valence-electron chi connectivity index (χ2n) is 6.85. The highest BCUT2D eigenvalue weighted by Crippen LogP contribution is 2.19. The highest BCUT2D eigenvalue weighted by atomic mass is 35.5. The molecule has 0 aliphatic heterocycles. The molecule has 5 heteroatoms. The molecule has 0 spiro atoms. The average molecular weight is 405 g/mol. The fraction of sp³-hybridized carbons (Fsp3) is 0.435. The number of esters is 1. The van der Waals surface area contributed by atoms with Crippen LogP contribution in [0.15, 0.2) is 48.5 Å². The maximum Gasteiger partial charge on any atom is 0.343 e. The van der Waals surface area contributed by atoms with Gasteiger partial charge in [-0.1, -0.05) is 39.0 Å². The second kappa shape index (κ2) is 12.3. The Kier molecular flexibility index (Phi) is 9.70. The number of carbonyl (C=O) groups excluding carboxylic acids is 1. The zero-order valence-electron chi connectivity index (χ0n) is 16.4. The van der Waals surface area contributed by atoms with Crippen LogP contribution in [0.1, 0.15) is 62.2 Å². The number of rotatable bonds is 12. The zero-order valence-corrected chi connectivity index (χ0v) is 17.2. The van der Waals surface area contributed by atoms with Gasteiger partial charge in [0.1, 0.15) is 17.2 Å². The van der Waals surface area contributed by atoms with Crippen LogP contribution in [0.4, 0.5) is 0 Å². The molecule has 1 N–H and O–H groups in total. The van der Waals surface area contributed by atoms with Gasteiger partial charge in [-0.3, -0.25) is 0 Å². The fourth-order valence-electron chi connectivity index (χ4n) is 2.79. The van der Waals surface area contributed by atoms with Gasteiger partial charge in [-0.25, -0.2) is 4.79 Å². The van der Waals surface area contributed by atoms with Crippen LogP contribution < -0.4 is 9.47 Å². The van der Waals surface area contributed by atoms with Gasteiger partial charge < -0.3 is 14.6 Å². The summed E-state index contributed by atoms with van der Waals surface area (Å²) in [5, 5.41) is 9.39. The van der Waals surface area contributed by atoms with Gasteiger partial charge >= 0.3 is 5.97 Å². The van der Waals surface area contributed by atoms with Crippen molar-refractivity contribution in [2.45, 2.75) is 57.2 Å². The number of aromatic hydroxyl groups is 1. The molecule has 0 aliphatic carbocycles. The van der Waals surface area contributed by atoms with Gasteiger partial charge in [0.2, 0.25) is 0 Å². The van der Waals surface area contributed by atoms with Crippen molar-refractivity contribution < 1.29 is 19.4 Å². The minimum Gasteiger partial charge on any atom is -0.508 e. The molecule has 2 aromatic carbocycles. The molecule has 1 atom stereocenters. The molecule has 0 radical (unpaired) electrons. The summed E-state index contributed by atoms with van der Waals surface area (Å²) in [6.45, 7) is 2.77. The van der Waals surface area contributed by atoms with E-state index in [2.05, 4.69) is 6.92 Å². The lowest BCUT2D eigenvalue weighted by molar-refractivity contribution is 0.0734. The molecule has 0 bridgehead atoms. The van der Waals surface area contributed by atoms with Crippen LogP contribution in [0.3, 0.4) is 0 Å². The van der Waals surface area contributed by atoms with E-state index in [1.165, 1.54) is 56.4 Å². The Morgan fingerprint density at radius 3 is 2.25 bits per heavy atom. The van der Waals surface area contributed by atoms with Crippen molar-refractivity contribution in [3.8, 4) is 17.2 Å². The molecule has 0 aliphatic rings. The monoisotopic (exact) mass is 404 g/mol. The molecule has 2 aromatic rings. The number of ether oxygens (including phenoxy) is 2. The van der Waals surface area contributed by atoms with Crippen LogP contribution in [0, 0.1) is 0 Å². The highest BCUT2D eigenvalue weighted by Gasteiger charge is 2.09. The lowest BCUT2D eigenvalue weighted by Crippen LogP contribution is -2.09. The van der Waals surface area contributed by atoms with E-state index in [0.29, 0.717) is 23.7 Å². The number of alkyl halides is 1. The molecule has 0 heterocycles. The van der Waals surface area contributed by atoms with Crippen molar-refractivity contribution in [1.82, 2.24) is 0 Å². The maximum absolute atomic E-state index is 12.1. The van der Waals surface area contributed by atoms with E-state index in [4.69, 9.17) is 21.1 Å². The molecular weight excluding hydrogens is 376 g/mol. The molecule has 0 aromatic heterocycles. The Morgan fingerprint density at radius 2 is 1.57 bits per heavy atom. The summed E-state index contributed by atoms with van der Waals surface area (Å²) in [6.07, 6.45) is 8.10. The lowest BCUT2D eigenvalue weighted by atomic mass is 10.1. The molecule has 0 saturated heterocycles. The number of benzene rings is 2. The van der Waals surface area contributed by atoms with Gasteiger partial charge in [0.25, 0.3) is 0 Å². The van der Waals surface area contributed by atoms with Gasteiger partial charge in [-0.05, 0) is 61.4 Å². The third kappa shape index (κ3) is 8.22. The van der Waals surface area contributed by atoms with Crippen molar-refractivity contribution in [3.63, 3.8) is 0 Å². The number of hydrogen-bond acceptors (Lipinski definition) is 4. The molecule has 2 rings (SSSR count). The average Bonchev–Trinajstić information content (AvgIpc) is 2.70. The molecule has 152 valence electrons. The molecule has 1 unspecified atom stereocenters. The predicted octanol–water partition coefficient (Wildman–Crippen LogP) is 6.35. The van der Waals surface area contributed by atoms with Gasteiger partial charge in [-0.15, -0.1) is 11.6 Å². The third-order valence-corrected chi connectivity index (χ3v) is 4.89. The molecule has 0 amide bonds. The number of hydrogen-bond donors (Lipinski definition) is 1. The Labute approximate surface area is 172 Å². The summed E-state index contributed by atoms with van der Waals surface area (Å²) in [5.41, 5.74) is 0.433. The summed E-state index contributed by atoms with van der Waals surface area (Å²) in [4.78, 5) is 12.1. The number of carbonyl (C=O) groups is 1. The van der Waals surface area contributed by atoms with Crippen molar-refractivity contribution in [1.29, 1.82) is 0 Å². The normalized spacial score (nSPS) is 11.8. The first-order valence-corrected chi connectivity index (χ1v) is 10.4. The minimum absolute atomic E-state index is 0.122. The predicted molar refractivity (Wildman–Crippen MR) is 113 cm³/mol. The second-order valence-corrected chi connectivity index (χ2v) is 7.46. The summed E-state index contributed by atoms with van der Waals surface area (Å²) < 4.78 is 11.0. The largest absolute Gasteiger partial charge is 0.508 e. The van der Waals surface area contributed by atoms with Gasteiger partial charge in [-0.2, -0.15) is 0 Å². The Morgan fingerprint density at radius 1 is 0.929 bits per heavy atom. The van der Waals surface area contributed by atoms with Crippen LogP contribution in [-0.2, 0) is 0 Å². The molecule has 0 fully saturated rings. The first-order chi connectivity index (χ1) is 13.6. The topological polar surface area (TPSA) is 55.8 Å². The molecule has 28 heavy (non-hydrogen) atoms. The van der Waals surface area contributed by atoms with E-state index >= 15 is 0 Å². The fourth-order valence-corrected chi connectivity index (χ4v) is 3.03. The van der Waals surface area contributed by atoms with Crippen LogP contribution in [0.2, 0.25) is 0 Å². The molecule has 0 saturated carbocycles. The third-order valence-electron chi connectivity index (χ3n) is 4.46. The van der Waals surface area contributed by atoms with Crippen LogP contribution in [-0.4, -0.2) is 23.1 Å². The number of phenols is 1. The Bertz CT molecular complexity index is 698. The van der Waals surface area contributed by atoms with Crippen molar-refractivity contribution in [3.05, 3.63) is 54.1 Å². The van der Waals surface area contributed by atoms with Crippen LogP contribution in [0.25, 0.3) is 0 Å². The van der Waals surface area contributed by atoms with Gasteiger partial charge in [0.05, 0.1) is 12.2 Å². The minimum atomic E-state index is -0.457. The van der Waals surface area contributed by atoms with E-state index in [0.717, 1.165) is 12.8 Å². The van der Waals surface area contributed by atoms with E-state index in [-0.39, 0.29) is 11.1 Å². The Balaban J connectivity index is 1.69. The summed E-state index contributed by atoms with van der Waals surface area (Å²) in [7, 11) is 0. The van der Waals surface area contributed by atoms with Crippen molar-refractivity contribution in [2.75, 3.05) is 6.61 Å². The summed E-state index contributed by atoms with van der Waals surface area (Å²) in [6, 6.07) is 12.9. The molecular formula is C23H29ClO4. The number of phenolic OH excluding ortho intramolecular Hbond substituents is 1. The highest BCUT2D eigenvalue weighted by molar-refractivity contribution is 6.20. The van der Waals surface area contributed by atoms with Crippen molar-refractivity contribution in [2.24, 2.45) is 0 Å². The van der Waals surface area contributed by atoms with Crippen molar-refractivity contribution >= 4 is 17.6 Å². The summed E-state index contributed by atoms with van der Waals surface area (Å²) in [5.74, 6) is 0.747. The quantitative estimate of drug-likeness (QED) is 0.194. The number of unbranched alkanes of at least 4 members (excludes halogenated alkanes) is 4. The van der Waals surface area contributed by atoms with E-state index in [1.807, 2.05) is 0 Å². The summed E-state index contributed by atoms with van der Waals surface area (Å²) >= 11 is 6.36. The van der Waals surface area contributed by atoms with Crippen LogP contribution >= 0.6 is 11.6 Å². The SMILES string of the molecule is CCCCCCCC(Cl)CCOc1ccc(C(=O)Oc2ccc(O)cc2)cc1. The first kappa shape index (κ1) is 22.1. The smallest absolute Gasteiger partial charge is 0.343 e. The molecule has 4 nitrogen and oxygen atoms in total. The van der Waals surface area contributed by atoms with Gasteiger partial charge in [0, 0.05) is 5.38 Å². The van der Waals surface area contributed by atoms with E-state index in [9.17, 15) is 9.90 Å². The van der Waals surface area contributed by atoms with E-state index in [1.54, 1.807) is 24.3 Å². The van der Waals surface area contributed by atoms with Gasteiger partial charge in [0.15, 0.2) is 0 Å². The Hall–Kier alpha value is -2.20. The zero-order chi connectivity index (χ0) is 20.2.